The molecule has 1 aliphatic heterocycles. The van der Waals surface area contributed by atoms with E-state index in [0.29, 0.717) is 0 Å². The molecule has 0 saturated carbocycles. The minimum atomic E-state index is -0.883. The molecule has 1 saturated heterocycles. The molecule has 2 aliphatic rings. The quantitative estimate of drug-likeness (QED) is 0.596. The topological polar surface area (TPSA) is 71.8 Å². The predicted octanol–water partition coefficient (Wildman–Crippen LogP) is 1.42. The van der Waals surface area contributed by atoms with Crippen LogP contribution in [0.2, 0.25) is 0 Å². The largest absolute Gasteiger partial charge is 0.466 e. The second-order valence-corrected chi connectivity index (χ2v) is 6.08. The standard InChI is InChI=1S/C15H18N2O5S/c1-15(2)21-11-7-9(13(18)19-3)6-10(12(11)22-15)20-14(23)17-5-4-16-8-17/h4-5,7-8,10-12H,6H2,1-3H3/t10-,11-,12+/m1/s1/i7D. The van der Waals surface area contributed by atoms with E-state index >= 15 is 0 Å². The van der Waals surface area contributed by atoms with Gasteiger partial charge in [-0.2, -0.15) is 0 Å². The van der Waals surface area contributed by atoms with E-state index in [9.17, 15) is 4.79 Å². The van der Waals surface area contributed by atoms with Gasteiger partial charge in [-0.15, -0.1) is 0 Å². The van der Waals surface area contributed by atoms with Gasteiger partial charge < -0.3 is 18.9 Å². The molecule has 1 aliphatic carbocycles. The lowest BCUT2D eigenvalue weighted by molar-refractivity contribution is -0.151. The van der Waals surface area contributed by atoms with Gasteiger partial charge in [0.05, 0.1) is 8.48 Å². The first kappa shape index (κ1) is 14.8. The van der Waals surface area contributed by atoms with Gasteiger partial charge in [0.15, 0.2) is 5.79 Å². The first-order valence-corrected chi connectivity index (χ1v) is 7.56. The first-order valence-electron chi connectivity index (χ1n) is 7.65. The first-order chi connectivity index (χ1) is 11.3. The molecule has 0 spiro atoms. The van der Waals surface area contributed by atoms with Crippen molar-refractivity contribution in [2.45, 2.75) is 44.4 Å². The van der Waals surface area contributed by atoms with Crippen LogP contribution in [0, 0.1) is 0 Å². The molecule has 2 heterocycles. The van der Waals surface area contributed by atoms with E-state index in [1.165, 1.54) is 13.4 Å². The second kappa shape index (κ2) is 6.03. The highest BCUT2D eigenvalue weighted by molar-refractivity contribution is 7.80. The number of imidazole rings is 1. The lowest BCUT2D eigenvalue weighted by atomic mass is 9.92. The van der Waals surface area contributed by atoms with Gasteiger partial charge in [0.1, 0.15) is 24.6 Å². The van der Waals surface area contributed by atoms with Crippen LogP contribution in [-0.4, -0.2) is 51.9 Å². The molecule has 0 N–H and O–H groups in total. The Labute approximate surface area is 140 Å². The third-order valence-corrected chi connectivity index (χ3v) is 3.92. The zero-order chi connectivity index (χ0) is 17.5. The van der Waals surface area contributed by atoms with Crippen molar-refractivity contribution in [3.05, 3.63) is 30.3 Å². The average molecular weight is 339 g/mol. The van der Waals surface area contributed by atoms with Crippen LogP contribution >= 0.6 is 12.2 Å². The van der Waals surface area contributed by atoms with Crippen LogP contribution in [0.15, 0.2) is 30.3 Å². The summed E-state index contributed by atoms with van der Waals surface area (Å²) in [6.45, 7) is 3.50. The molecule has 3 atom stereocenters. The van der Waals surface area contributed by atoms with Gasteiger partial charge in [0.2, 0.25) is 0 Å². The molecular weight excluding hydrogens is 320 g/mol. The van der Waals surface area contributed by atoms with Crippen LogP contribution in [-0.2, 0) is 23.7 Å². The number of fused-ring (bicyclic) bond motifs is 1. The maximum Gasteiger partial charge on any atom is 0.333 e. The molecule has 3 rings (SSSR count). The Hall–Kier alpha value is -1.77. The molecule has 8 heteroatoms. The Bertz CT molecular complexity index is 688. The lowest BCUT2D eigenvalue weighted by Crippen LogP contribution is -2.42. The molecule has 23 heavy (non-hydrogen) atoms. The maximum absolute atomic E-state index is 12.0. The van der Waals surface area contributed by atoms with Gasteiger partial charge in [0, 0.05) is 24.4 Å². The van der Waals surface area contributed by atoms with Crippen LogP contribution in [0.4, 0.5) is 0 Å². The van der Waals surface area contributed by atoms with Crippen molar-refractivity contribution < 1.29 is 25.1 Å². The molecular formula is C15H18N2O5S. The predicted molar refractivity (Wildman–Crippen MR) is 83.6 cm³/mol. The third-order valence-electron chi connectivity index (χ3n) is 3.62. The van der Waals surface area contributed by atoms with Gasteiger partial charge in [-0.05, 0) is 32.1 Å². The molecule has 0 aromatic carbocycles. The number of nitrogens with zero attached hydrogens (tertiary/aromatic N) is 2. The summed E-state index contributed by atoms with van der Waals surface area (Å²) in [5.74, 6) is -1.46. The molecule has 0 amide bonds. The van der Waals surface area contributed by atoms with Crippen molar-refractivity contribution in [3.63, 3.8) is 0 Å². The van der Waals surface area contributed by atoms with E-state index in [2.05, 4.69) is 4.98 Å². The molecule has 1 fully saturated rings. The zero-order valence-electron chi connectivity index (χ0n) is 14.0. The van der Waals surface area contributed by atoms with Crippen LogP contribution in [0.1, 0.15) is 21.6 Å². The number of rotatable bonds is 2. The van der Waals surface area contributed by atoms with Gasteiger partial charge in [-0.3, -0.25) is 4.57 Å². The Kier molecular flexibility index (Phi) is 3.88. The van der Waals surface area contributed by atoms with E-state index in [4.69, 9.17) is 32.5 Å². The summed E-state index contributed by atoms with van der Waals surface area (Å²) in [6.07, 6.45) is 3.09. The number of hydrogen-bond donors (Lipinski definition) is 0. The molecule has 0 unspecified atom stereocenters. The minimum absolute atomic E-state index is 0.0609. The average Bonchev–Trinajstić information content (AvgIpc) is 3.16. The Morgan fingerprint density at radius 1 is 1.57 bits per heavy atom. The molecule has 124 valence electrons. The molecule has 0 radical (unpaired) electrons. The van der Waals surface area contributed by atoms with E-state index in [1.54, 1.807) is 30.8 Å². The highest BCUT2D eigenvalue weighted by atomic mass is 32.1. The number of esters is 1. The van der Waals surface area contributed by atoms with Crippen molar-refractivity contribution in [1.29, 1.82) is 0 Å². The van der Waals surface area contributed by atoms with Crippen molar-refractivity contribution in [2.75, 3.05) is 7.11 Å². The smallest absolute Gasteiger partial charge is 0.333 e. The fraction of sp³-hybridized carbons (Fsp3) is 0.533. The lowest BCUT2D eigenvalue weighted by Gasteiger charge is -2.30. The zero-order valence-corrected chi connectivity index (χ0v) is 13.8. The van der Waals surface area contributed by atoms with E-state index in [-0.39, 0.29) is 23.2 Å². The third kappa shape index (κ3) is 3.29. The number of ether oxygens (including phenoxy) is 4. The minimum Gasteiger partial charge on any atom is -0.466 e. The molecule has 1 aromatic rings. The number of carbonyl (C=O) groups excluding carboxylic acids is 1. The van der Waals surface area contributed by atoms with Crippen molar-refractivity contribution in [3.8, 4) is 0 Å². The fourth-order valence-corrected chi connectivity index (χ4v) is 2.88. The second-order valence-electron chi connectivity index (χ2n) is 5.73. The Morgan fingerprint density at radius 2 is 2.35 bits per heavy atom. The molecule has 7 nitrogen and oxygen atoms in total. The highest BCUT2D eigenvalue weighted by Gasteiger charge is 2.48. The van der Waals surface area contributed by atoms with Gasteiger partial charge in [-0.1, -0.05) is 0 Å². The molecule has 1 aromatic heterocycles. The Morgan fingerprint density at radius 3 is 3.00 bits per heavy atom. The fourth-order valence-electron chi connectivity index (χ4n) is 2.65. The molecule has 0 bridgehead atoms. The van der Waals surface area contributed by atoms with E-state index < -0.39 is 30.1 Å². The van der Waals surface area contributed by atoms with Crippen LogP contribution in [0.25, 0.3) is 0 Å². The Balaban J connectivity index is 1.88. The highest BCUT2D eigenvalue weighted by Crippen LogP contribution is 2.37. The SMILES string of the molecule is [2H]C1=C(C(=O)OC)C[C@@H](OC(=S)n2ccnc2)[C@@H]2OC(C)(C)O[C@H]12. The maximum atomic E-state index is 12.0. The van der Waals surface area contributed by atoms with Crippen molar-refractivity contribution in [2.24, 2.45) is 0 Å². The summed E-state index contributed by atoms with van der Waals surface area (Å²) < 4.78 is 32.1. The summed E-state index contributed by atoms with van der Waals surface area (Å²) in [6, 6.07) is 0.0609. The van der Waals surface area contributed by atoms with Gasteiger partial charge >= 0.3 is 5.97 Å². The summed E-state index contributed by atoms with van der Waals surface area (Å²) in [5, 5.41) is 0.183. The van der Waals surface area contributed by atoms with Crippen LogP contribution in [0.5, 0.6) is 0 Å². The van der Waals surface area contributed by atoms with Crippen molar-refractivity contribution in [1.82, 2.24) is 9.55 Å². The monoisotopic (exact) mass is 339 g/mol. The van der Waals surface area contributed by atoms with Crippen LogP contribution in [0.3, 0.4) is 0 Å². The number of aromatic nitrogens is 2. The summed E-state index contributed by atoms with van der Waals surface area (Å²) >= 11 is 5.26. The van der Waals surface area contributed by atoms with E-state index in [0.717, 1.165) is 0 Å². The number of thiocarbonyl (C=S) groups is 1. The van der Waals surface area contributed by atoms with Gasteiger partial charge in [0.25, 0.3) is 5.17 Å². The van der Waals surface area contributed by atoms with Crippen LogP contribution < -0.4 is 0 Å². The van der Waals surface area contributed by atoms with Gasteiger partial charge in [-0.25, -0.2) is 9.78 Å². The summed E-state index contributed by atoms with van der Waals surface area (Å²) in [4.78, 5) is 15.9. The van der Waals surface area contributed by atoms with Crippen molar-refractivity contribution >= 4 is 23.4 Å². The number of methoxy groups -OCH3 is 1. The normalized spacial score (nSPS) is 29.7. The van der Waals surface area contributed by atoms with E-state index in [1.807, 2.05) is 0 Å². The number of hydrogen-bond acceptors (Lipinski definition) is 7. The summed E-state index contributed by atoms with van der Waals surface area (Å²) in [7, 11) is 1.27. The number of carbonyl (C=O) groups is 1. The summed E-state index contributed by atoms with van der Waals surface area (Å²) in [5.41, 5.74) is 0.207.